The summed E-state index contributed by atoms with van der Waals surface area (Å²) >= 11 is 0. The maximum Gasteiger partial charge on any atom is 0.322 e. The quantitative estimate of drug-likeness (QED) is 0.625. The Hall–Kier alpha value is -1.58. The van der Waals surface area contributed by atoms with Crippen molar-refractivity contribution < 1.29 is 14.7 Å². The summed E-state index contributed by atoms with van der Waals surface area (Å²) in [6.07, 6.45) is 5.88. The predicted octanol–water partition coefficient (Wildman–Crippen LogP) is 0.0735. The number of nitrogens with one attached hydrogen (secondary N) is 1. The minimum absolute atomic E-state index is 0.303. The van der Waals surface area contributed by atoms with Crippen LogP contribution in [0.15, 0.2) is 23.8 Å². The lowest BCUT2D eigenvalue weighted by atomic mass is 10.2. The first-order chi connectivity index (χ1) is 5.70. The van der Waals surface area contributed by atoms with Crippen molar-refractivity contribution in [2.75, 3.05) is 6.54 Å². The van der Waals surface area contributed by atoms with E-state index in [0.29, 0.717) is 12.0 Å². The van der Waals surface area contributed by atoms with Crippen molar-refractivity contribution in [3.05, 3.63) is 23.8 Å². The number of carbonyl (C=O) groups excluding carboxylic acids is 1. The molecule has 0 saturated heterocycles. The zero-order valence-electron chi connectivity index (χ0n) is 6.41. The average Bonchev–Trinajstić information content (AvgIpc) is 2.51. The number of aliphatic carboxylic acids is 1. The molecule has 0 spiro atoms. The van der Waals surface area contributed by atoms with E-state index in [1.165, 1.54) is 0 Å². The van der Waals surface area contributed by atoms with Gasteiger partial charge in [0.1, 0.15) is 6.54 Å². The van der Waals surface area contributed by atoms with E-state index in [1.54, 1.807) is 12.2 Å². The zero-order valence-corrected chi connectivity index (χ0v) is 6.41. The number of hydrogen-bond donors (Lipinski definition) is 2. The van der Waals surface area contributed by atoms with E-state index in [2.05, 4.69) is 5.32 Å². The second-order valence-electron chi connectivity index (χ2n) is 2.40. The summed E-state index contributed by atoms with van der Waals surface area (Å²) in [5, 5.41) is 10.5. The fraction of sp³-hybridized carbons (Fsp3) is 0.250. The van der Waals surface area contributed by atoms with Gasteiger partial charge in [-0.25, -0.2) is 0 Å². The van der Waals surface area contributed by atoms with Crippen LogP contribution in [-0.4, -0.2) is 23.5 Å². The van der Waals surface area contributed by atoms with Crippen LogP contribution < -0.4 is 5.32 Å². The van der Waals surface area contributed by atoms with Crippen molar-refractivity contribution in [1.82, 2.24) is 5.32 Å². The number of hydrogen-bond acceptors (Lipinski definition) is 2. The molecular formula is C8H9NO3. The van der Waals surface area contributed by atoms with E-state index in [4.69, 9.17) is 5.11 Å². The van der Waals surface area contributed by atoms with Gasteiger partial charge in [-0.1, -0.05) is 18.2 Å². The monoisotopic (exact) mass is 167 g/mol. The van der Waals surface area contributed by atoms with Crippen molar-refractivity contribution in [1.29, 1.82) is 0 Å². The van der Waals surface area contributed by atoms with Crippen LogP contribution in [0.25, 0.3) is 0 Å². The molecule has 0 bridgehead atoms. The molecule has 0 aromatic carbocycles. The Balaban J connectivity index is 2.34. The Morgan fingerprint density at radius 1 is 1.58 bits per heavy atom. The molecule has 2 N–H and O–H groups in total. The summed E-state index contributed by atoms with van der Waals surface area (Å²) in [5.41, 5.74) is 0.608. The molecule has 4 heteroatoms. The van der Waals surface area contributed by atoms with Crippen LogP contribution in [0.3, 0.4) is 0 Å². The van der Waals surface area contributed by atoms with Crippen LogP contribution in [0.2, 0.25) is 0 Å². The number of carboxylic acids is 1. The maximum absolute atomic E-state index is 11.1. The van der Waals surface area contributed by atoms with Gasteiger partial charge in [-0.15, -0.1) is 0 Å². The average molecular weight is 167 g/mol. The van der Waals surface area contributed by atoms with E-state index in [-0.39, 0.29) is 12.5 Å². The van der Waals surface area contributed by atoms with Crippen LogP contribution >= 0.6 is 0 Å². The molecule has 1 amide bonds. The number of allylic oxidation sites excluding steroid dienone is 3. The Kier molecular flexibility index (Phi) is 2.63. The van der Waals surface area contributed by atoms with Crippen molar-refractivity contribution in [2.24, 2.45) is 0 Å². The van der Waals surface area contributed by atoms with Crippen molar-refractivity contribution >= 4 is 11.9 Å². The molecule has 64 valence electrons. The first kappa shape index (κ1) is 8.52. The van der Waals surface area contributed by atoms with Gasteiger partial charge in [-0.2, -0.15) is 0 Å². The lowest BCUT2D eigenvalue weighted by molar-refractivity contribution is -0.137. The standard InChI is InChI=1S/C8H9NO3/c10-7(11)5-9-8(12)6-3-1-2-4-6/h1-3H,4-5H2,(H,9,12)(H,10,11). The summed E-state index contributed by atoms with van der Waals surface area (Å²) in [6.45, 7) is -0.323. The fourth-order valence-electron chi connectivity index (χ4n) is 0.885. The molecule has 0 aromatic heterocycles. The Labute approximate surface area is 69.6 Å². The Morgan fingerprint density at radius 2 is 2.33 bits per heavy atom. The molecule has 0 aliphatic heterocycles. The summed E-state index contributed by atoms with van der Waals surface area (Å²) in [5.74, 6) is -1.34. The smallest absolute Gasteiger partial charge is 0.322 e. The lowest BCUT2D eigenvalue weighted by Crippen LogP contribution is -2.29. The van der Waals surface area contributed by atoms with E-state index < -0.39 is 5.97 Å². The van der Waals surface area contributed by atoms with Gasteiger partial charge in [0.05, 0.1) is 0 Å². The first-order valence-electron chi connectivity index (χ1n) is 3.56. The summed E-state index contributed by atoms with van der Waals surface area (Å²) in [6, 6.07) is 0. The fourth-order valence-corrected chi connectivity index (χ4v) is 0.885. The second-order valence-corrected chi connectivity index (χ2v) is 2.40. The molecule has 0 radical (unpaired) electrons. The van der Waals surface area contributed by atoms with Crippen LogP contribution in [-0.2, 0) is 9.59 Å². The van der Waals surface area contributed by atoms with Gasteiger partial charge in [0.25, 0.3) is 0 Å². The molecule has 1 aliphatic rings. The molecule has 4 nitrogen and oxygen atoms in total. The Morgan fingerprint density at radius 3 is 2.83 bits per heavy atom. The highest BCUT2D eigenvalue weighted by Crippen LogP contribution is 2.09. The molecule has 0 atom stereocenters. The normalized spacial score (nSPS) is 14.2. The third kappa shape index (κ3) is 2.23. The number of carbonyl (C=O) groups is 2. The number of rotatable bonds is 3. The first-order valence-corrected chi connectivity index (χ1v) is 3.56. The minimum atomic E-state index is -1.03. The summed E-state index contributed by atoms with van der Waals surface area (Å²) in [7, 11) is 0. The van der Waals surface area contributed by atoms with E-state index in [1.807, 2.05) is 6.08 Å². The maximum atomic E-state index is 11.1. The van der Waals surface area contributed by atoms with Gasteiger partial charge in [0.2, 0.25) is 5.91 Å². The molecule has 0 saturated carbocycles. The number of amides is 1. The van der Waals surface area contributed by atoms with Gasteiger partial charge in [0, 0.05) is 5.57 Å². The van der Waals surface area contributed by atoms with E-state index >= 15 is 0 Å². The summed E-state index contributed by atoms with van der Waals surface area (Å²) < 4.78 is 0. The molecule has 1 rings (SSSR count). The van der Waals surface area contributed by atoms with Gasteiger partial charge in [-0.3, -0.25) is 9.59 Å². The third-order valence-electron chi connectivity index (χ3n) is 1.46. The van der Waals surface area contributed by atoms with Gasteiger partial charge < -0.3 is 10.4 Å². The van der Waals surface area contributed by atoms with Crippen molar-refractivity contribution in [3.8, 4) is 0 Å². The predicted molar refractivity (Wildman–Crippen MR) is 42.5 cm³/mol. The highest BCUT2D eigenvalue weighted by Gasteiger charge is 2.10. The zero-order chi connectivity index (χ0) is 8.97. The minimum Gasteiger partial charge on any atom is -0.480 e. The highest BCUT2D eigenvalue weighted by molar-refractivity contribution is 5.96. The van der Waals surface area contributed by atoms with Crippen molar-refractivity contribution in [3.63, 3.8) is 0 Å². The number of carboxylic acid groups (broad SMARTS) is 1. The molecule has 1 aliphatic carbocycles. The van der Waals surface area contributed by atoms with E-state index in [9.17, 15) is 9.59 Å². The SMILES string of the molecule is O=C(O)CNC(=O)C1=CC=CC1. The van der Waals surface area contributed by atoms with E-state index in [0.717, 1.165) is 0 Å². The third-order valence-corrected chi connectivity index (χ3v) is 1.46. The highest BCUT2D eigenvalue weighted by atomic mass is 16.4. The van der Waals surface area contributed by atoms with Gasteiger partial charge in [0.15, 0.2) is 0 Å². The molecule has 12 heavy (non-hydrogen) atoms. The topological polar surface area (TPSA) is 66.4 Å². The van der Waals surface area contributed by atoms with Crippen molar-refractivity contribution in [2.45, 2.75) is 6.42 Å². The Bertz CT molecular complexity index is 265. The largest absolute Gasteiger partial charge is 0.480 e. The van der Waals surface area contributed by atoms with Crippen LogP contribution in [0.1, 0.15) is 6.42 Å². The lowest BCUT2D eigenvalue weighted by Gasteiger charge is -2.01. The van der Waals surface area contributed by atoms with Gasteiger partial charge >= 0.3 is 5.97 Å². The molecule has 0 aromatic rings. The van der Waals surface area contributed by atoms with Crippen LogP contribution in [0, 0.1) is 0 Å². The molecule has 0 heterocycles. The molecular weight excluding hydrogens is 158 g/mol. The molecule has 0 unspecified atom stereocenters. The van der Waals surface area contributed by atoms with Crippen LogP contribution in [0.5, 0.6) is 0 Å². The molecule has 0 fully saturated rings. The second kappa shape index (κ2) is 3.71. The summed E-state index contributed by atoms with van der Waals surface area (Å²) in [4.78, 5) is 21.1. The van der Waals surface area contributed by atoms with Gasteiger partial charge in [-0.05, 0) is 6.42 Å². The van der Waals surface area contributed by atoms with Crippen LogP contribution in [0.4, 0.5) is 0 Å².